The van der Waals surface area contributed by atoms with E-state index >= 15 is 0 Å². The van der Waals surface area contributed by atoms with Crippen molar-refractivity contribution in [1.29, 1.82) is 0 Å². The predicted octanol–water partition coefficient (Wildman–Crippen LogP) is 2.08. The van der Waals surface area contributed by atoms with Crippen LogP contribution in [0.25, 0.3) is 0 Å². The molecule has 0 saturated carbocycles. The van der Waals surface area contributed by atoms with Crippen LogP contribution in [0.1, 0.15) is 92.1 Å². The summed E-state index contributed by atoms with van der Waals surface area (Å²) < 4.78 is 40.3. The molecular weight excluding hydrogens is 1240 g/mol. The zero-order valence-corrected chi connectivity index (χ0v) is 55.6. The second kappa shape index (κ2) is 33.5. The minimum absolute atomic E-state index is 0.00714. The van der Waals surface area contributed by atoms with Crippen LogP contribution < -0.4 is 25.6 Å². The highest BCUT2D eigenvalue weighted by molar-refractivity contribution is 8.02. The summed E-state index contributed by atoms with van der Waals surface area (Å²) in [6.07, 6.45) is 3.14. The van der Waals surface area contributed by atoms with Crippen molar-refractivity contribution >= 4 is 88.2 Å². The van der Waals surface area contributed by atoms with Crippen LogP contribution in [0.4, 0.5) is 5.69 Å². The maximum absolute atomic E-state index is 14.5. The Morgan fingerprint density at radius 2 is 1.64 bits per heavy atom. The standard InChI is InChI=1S/C63H89ClN8O19S/c1-12-48(73)65-22-24-70(25-26-71-52(77)18-19-53(71)78)51(76)17-16-49(74)66-23-28-87-30-31-88-29-27-72-55(80)35-45(58(72)81)92-61(5,6)21-20-50(75)68(8)40(4)59(82)90-47-36-54(79)69(9)42-33-41(34-43(85-10)56(42)64)32-38(2)14-13-15-46(86-11)63(84)37-44(89-60(83)67-63)39(3)57-62(47,7)91-57/h12-15,18-19,33-34,39-40,44-47,57,60,67,83-84H,1,16-17,20-32,35-37H2,2-11H3,(H,65,73)(H,66,74)/b15-13+,38-14+/t39-,40+,44+,45?,46-,47+,57+,60?,62+,63+/m1/s1. The van der Waals surface area contributed by atoms with Gasteiger partial charge in [-0.2, -0.15) is 0 Å². The molecule has 3 fully saturated rings. The van der Waals surface area contributed by atoms with Gasteiger partial charge in [-0.25, -0.2) is 10.1 Å². The quantitative estimate of drug-likeness (QED) is 0.0252. The van der Waals surface area contributed by atoms with E-state index in [9.17, 15) is 58.2 Å². The molecule has 0 aliphatic carbocycles. The number of halogens is 1. The van der Waals surface area contributed by atoms with Crippen molar-refractivity contribution < 1.29 is 91.3 Å². The number of methoxy groups -OCH3 is 2. The van der Waals surface area contributed by atoms with E-state index in [1.54, 1.807) is 45.2 Å². The molecule has 9 amide bonds. The fraction of sp³-hybridized carbons (Fsp3) is 0.619. The van der Waals surface area contributed by atoms with Crippen LogP contribution in [0, 0.1) is 5.92 Å². The average Bonchev–Trinajstić information content (AvgIpc) is 1.57. The Bertz CT molecular complexity index is 2980. The van der Waals surface area contributed by atoms with Crippen LogP contribution >= 0.6 is 23.4 Å². The number of allylic oxidation sites excluding steroid dienone is 3. The van der Waals surface area contributed by atoms with Crippen LogP contribution in [-0.2, 0) is 82.8 Å². The summed E-state index contributed by atoms with van der Waals surface area (Å²) in [6.45, 7) is 14.7. The van der Waals surface area contributed by atoms with E-state index in [-0.39, 0.29) is 127 Å². The number of aliphatic hydroxyl groups excluding tert-OH is 1. The van der Waals surface area contributed by atoms with Gasteiger partial charge in [-0.1, -0.05) is 62.8 Å². The zero-order chi connectivity index (χ0) is 67.8. The number of nitrogens with zero attached hydrogens (tertiary/aromatic N) is 5. The molecule has 5 aliphatic rings. The van der Waals surface area contributed by atoms with Crippen LogP contribution in [0.5, 0.6) is 5.75 Å². The molecule has 0 aromatic heterocycles. The number of carbonyl (C=O) groups is 10. The van der Waals surface area contributed by atoms with Crippen molar-refractivity contribution in [1.82, 2.24) is 35.6 Å². The molecule has 10 atom stereocenters. The summed E-state index contributed by atoms with van der Waals surface area (Å²) >= 11 is 8.13. The first-order valence-corrected chi connectivity index (χ1v) is 31.8. The van der Waals surface area contributed by atoms with Gasteiger partial charge in [0.15, 0.2) is 5.72 Å². The number of rotatable bonds is 29. The number of nitrogens with one attached hydrogen (secondary N) is 3. The van der Waals surface area contributed by atoms with Gasteiger partial charge in [-0.05, 0) is 57.4 Å². The van der Waals surface area contributed by atoms with Gasteiger partial charge < -0.3 is 68.7 Å². The summed E-state index contributed by atoms with van der Waals surface area (Å²) in [5.41, 5.74) is -1.10. The summed E-state index contributed by atoms with van der Waals surface area (Å²) in [4.78, 5) is 137. The Balaban J connectivity index is 0.954. The van der Waals surface area contributed by atoms with Gasteiger partial charge in [0.25, 0.3) is 11.8 Å². The zero-order valence-electron chi connectivity index (χ0n) is 54.0. The van der Waals surface area contributed by atoms with Crippen molar-refractivity contribution in [2.75, 3.05) is 98.9 Å². The third kappa shape index (κ3) is 20.0. The van der Waals surface area contributed by atoms with Crippen molar-refractivity contribution in [2.45, 2.75) is 151 Å². The van der Waals surface area contributed by atoms with E-state index in [0.717, 1.165) is 39.2 Å². The van der Waals surface area contributed by atoms with Gasteiger partial charge in [0, 0.05) is 109 Å². The molecule has 5 N–H and O–H groups in total. The first-order chi connectivity index (χ1) is 43.5. The lowest BCUT2D eigenvalue weighted by atomic mass is 9.83. The van der Waals surface area contributed by atoms with Crippen LogP contribution in [-0.4, -0.2) is 241 Å². The van der Waals surface area contributed by atoms with E-state index in [2.05, 4.69) is 22.5 Å². The fourth-order valence-corrected chi connectivity index (χ4v) is 12.9. The summed E-state index contributed by atoms with van der Waals surface area (Å²) in [5.74, 6) is -4.96. The molecule has 6 rings (SSSR count). The van der Waals surface area contributed by atoms with E-state index in [1.807, 2.05) is 26.8 Å². The van der Waals surface area contributed by atoms with Gasteiger partial charge >= 0.3 is 5.97 Å². The molecular formula is C63H89ClN8O19S. The summed E-state index contributed by atoms with van der Waals surface area (Å²) in [7, 11) is 5.91. The van der Waals surface area contributed by atoms with Gasteiger partial charge in [0.2, 0.25) is 47.8 Å². The molecule has 27 nitrogen and oxygen atoms in total. The molecule has 3 saturated heterocycles. The molecule has 4 bridgehead atoms. The number of likely N-dealkylation sites (tertiary alicyclic amines) is 1. The molecule has 5 heterocycles. The van der Waals surface area contributed by atoms with Crippen LogP contribution in [0.2, 0.25) is 5.02 Å². The van der Waals surface area contributed by atoms with E-state index in [1.165, 1.54) is 54.7 Å². The number of hydrogen-bond acceptors (Lipinski definition) is 21. The third-order valence-electron chi connectivity index (χ3n) is 16.9. The first-order valence-electron chi connectivity index (χ1n) is 30.6. The van der Waals surface area contributed by atoms with E-state index in [4.69, 9.17) is 44.8 Å². The number of esters is 1. The van der Waals surface area contributed by atoms with Crippen LogP contribution in [0.15, 0.2) is 60.7 Å². The Hall–Kier alpha value is -6.60. The number of amides is 9. The smallest absolute Gasteiger partial charge is 0.328 e. The summed E-state index contributed by atoms with van der Waals surface area (Å²) in [6, 6.07) is 2.39. The Labute approximate surface area is 545 Å². The lowest BCUT2D eigenvalue weighted by molar-refractivity contribution is -0.271. The molecule has 5 aliphatic heterocycles. The third-order valence-corrected chi connectivity index (χ3v) is 18.8. The topological polar surface area (TPSA) is 331 Å². The number of benzene rings is 1. The Morgan fingerprint density at radius 1 is 0.946 bits per heavy atom. The molecule has 2 unspecified atom stereocenters. The lowest BCUT2D eigenvalue weighted by Crippen LogP contribution is -2.65. The van der Waals surface area contributed by atoms with Gasteiger partial charge in [0.05, 0.1) is 69.6 Å². The molecule has 1 aromatic rings. The number of epoxide rings is 1. The number of anilines is 1. The minimum atomic E-state index is -1.80. The van der Waals surface area contributed by atoms with Gasteiger partial charge in [-0.15, -0.1) is 11.8 Å². The number of fused-ring (bicyclic) bond motifs is 5. The Kier molecular flexibility index (Phi) is 27.1. The predicted molar refractivity (Wildman–Crippen MR) is 337 cm³/mol. The highest BCUT2D eigenvalue weighted by Gasteiger charge is 2.64. The van der Waals surface area contributed by atoms with Crippen molar-refractivity contribution in [3.63, 3.8) is 0 Å². The second-order valence-electron chi connectivity index (χ2n) is 24.1. The average molecular weight is 1330 g/mol. The number of hydrogen-bond donors (Lipinski definition) is 5. The number of aliphatic hydroxyl groups is 2. The molecule has 92 heavy (non-hydrogen) atoms. The summed E-state index contributed by atoms with van der Waals surface area (Å²) in [5, 5.41) is 30.3. The SMILES string of the molecule is C=CC(=O)NCCN(CCN1C(=O)C=CC1=O)C(=O)CCC(=O)NCCOCCOCCN1C(=O)CC(SC(C)(C)CCC(=O)N(C)[C@@H](C)C(=O)O[C@H]2CC(=O)N(C)c3cc(cc(OC)c3Cl)C/C(C)=C/C=C/[C@@H](OC)[C@@]3(O)C[C@H](OC(O)N3)[C@@H](C)[C@@H]3O[C@@]23C)C1=O. The van der Waals surface area contributed by atoms with Crippen molar-refractivity contribution in [2.24, 2.45) is 5.92 Å². The van der Waals surface area contributed by atoms with Gasteiger partial charge in [-0.3, -0.25) is 53.0 Å². The maximum atomic E-state index is 14.5. The van der Waals surface area contributed by atoms with Crippen molar-refractivity contribution in [3.8, 4) is 5.75 Å². The minimum Gasteiger partial charge on any atom is -0.495 e. The number of carbonyl (C=O) groups excluding carboxylic acids is 10. The highest BCUT2D eigenvalue weighted by atomic mass is 35.5. The van der Waals surface area contributed by atoms with Crippen LogP contribution in [0.3, 0.4) is 0 Å². The molecule has 29 heteroatoms. The first kappa shape index (κ1) is 74.4. The van der Waals surface area contributed by atoms with E-state index in [0.29, 0.717) is 17.9 Å². The number of imide groups is 2. The molecule has 0 spiro atoms. The highest BCUT2D eigenvalue weighted by Crippen LogP contribution is 2.49. The largest absolute Gasteiger partial charge is 0.495 e. The second-order valence-corrected chi connectivity index (χ2v) is 26.4. The fourth-order valence-electron chi connectivity index (χ4n) is 11.2. The monoisotopic (exact) mass is 1330 g/mol. The Morgan fingerprint density at radius 3 is 2.32 bits per heavy atom. The van der Waals surface area contributed by atoms with E-state index < -0.39 is 111 Å². The molecule has 508 valence electrons. The maximum Gasteiger partial charge on any atom is 0.328 e. The molecule has 0 radical (unpaired) electrons. The number of thioether (sulfide) groups is 1. The van der Waals surface area contributed by atoms with Gasteiger partial charge in [0.1, 0.15) is 34.6 Å². The number of likely N-dealkylation sites (N-methyl/N-ethyl adjacent to an activating group) is 1. The molecule has 1 aromatic carbocycles. The number of ether oxygens (including phenoxy) is 7. The normalized spacial score (nSPS) is 26.4. The lowest BCUT2D eigenvalue weighted by Gasteiger charge is -2.44. The van der Waals surface area contributed by atoms with Crippen molar-refractivity contribution in [3.05, 3.63) is 71.3 Å².